The van der Waals surface area contributed by atoms with E-state index in [1.54, 1.807) is 0 Å². The van der Waals surface area contributed by atoms with E-state index in [9.17, 15) is 4.79 Å². The third-order valence-corrected chi connectivity index (χ3v) is 4.20. The lowest BCUT2D eigenvalue weighted by molar-refractivity contribution is -0.140. The minimum atomic E-state index is -0.181. The topological polar surface area (TPSA) is 26.3 Å². The Morgan fingerprint density at radius 1 is 1.44 bits per heavy atom. The number of rotatable bonds is 3. The van der Waals surface area contributed by atoms with Gasteiger partial charge in [0.05, 0.1) is 12.2 Å². The van der Waals surface area contributed by atoms with Crippen molar-refractivity contribution in [2.24, 2.45) is 5.92 Å². The van der Waals surface area contributed by atoms with Crippen LogP contribution in [0.2, 0.25) is 0 Å². The van der Waals surface area contributed by atoms with Crippen molar-refractivity contribution >= 4 is 5.78 Å². The van der Waals surface area contributed by atoms with Crippen LogP contribution < -0.4 is 0 Å². The second-order valence-corrected chi connectivity index (χ2v) is 5.63. The molecule has 1 heterocycles. The number of ketones is 1. The summed E-state index contributed by atoms with van der Waals surface area (Å²) in [7, 11) is 0. The summed E-state index contributed by atoms with van der Waals surface area (Å²) in [5, 5.41) is 0. The van der Waals surface area contributed by atoms with Gasteiger partial charge < -0.3 is 4.74 Å². The average Bonchev–Trinajstić information content (AvgIpc) is 2.31. The van der Waals surface area contributed by atoms with Crippen LogP contribution in [0.5, 0.6) is 0 Å². The predicted molar refractivity (Wildman–Crippen MR) is 70.6 cm³/mol. The SMILES string of the molecule is C=C1CC(C(=O)c2cccc(C3(C)CCO3)c2)C1. The third-order valence-electron chi connectivity index (χ3n) is 4.20. The van der Waals surface area contributed by atoms with Crippen molar-refractivity contribution in [2.75, 3.05) is 6.61 Å². The first kappa shape index (κ1) is 11.7. The molecule has 1 unspecified atom stereocenters. The molecule has 1 saturated heterocycles. The molecule has 2 heteroatoms. The molecule has 1 aliphatic carbocycles. The van der Waals surface area contributed by atoms with Crippen LogP contribution in [-0.2, 0) is 10.3 Å². The van der Waals surface area contributed by atoms with Crippen LogP contribution in [0.25, 0.3) is 0 Å². The molecule has 1 aromatic rings. The van der Waals surface area contributed by atoms with E-state index >= 15 is 0 Å². The highest BCUT2D eigenvalue weighted by Gasteiger charge is 2.36. The molecule has 3 rings (SSSR count). The monoisotopic (exact) mass is 242 g/mol. The van der Waals surface area contributed by atoms with E-state index in [0.717, 1.165) is 37.0 Å². The number of benzene rings is 1. The summed E-state index contributed by atoms with van der Waals surface area (Å²) in [5.74, 6) is 0.412. The van der Waals surface area contributed by atoms with Gasteiger partial charge >= 0.3 is 0 Å². The van der Waals surface area contributed by atoms with Crippen LogP contribution in [0.1, 0.15) is 42.1 Å². The summed E-state index contributed by atoms with van der Waals surface area (Å²) in [4.78, 5) is 12.3. The smallest absolute Gasteiger partial charge is 0.166 e. The fourth-order valence-corrected chi connectivity index (χ4v) is 2.70. The van der Waals surface area contributed by atoms with Gasteiger partial charge in [-0.1, -0.05) is 30.4 Å². The Morgan fingerprint density at radius 3 is 2.72 bits per heavy atom. The second kappa shape index (κ2) is 4.06. The van der Waals surface area contributed by atoms with Crippen molar-refractivity contribution in [2.45, 2.75) is 31.8 Å². The lowest BCUT2D eigenvalue weighted by Crippen LogP contribution is -2.37. The Hall–Kier alpha value is -1.41. The van der Waals surface area contributed by atoms with Crippen LogP contribution in [0, 0.1) is 5.92 Å². The summed E-state index contributed by atoms with van der Waals surface area (Å²) in [5.41, 5.74) is 2.96. The van der Waals surface area contributed by atoms with Gasteiger partial charge in [0.1, 0.15) is 0 Å². The van der Waals surface area contributed by atoms with Gasteiger partial charge in [-0.3, -0.25) is 4.79 Å². The van der Waals surface area contributed by atoms with Gasteiger partial charge in [0.2, 0.25) is 0 Å². The summed E-state index contributed by atoms with van der Waals surface area (Å²) in [6, 6.07) is 7.93. The number of Topliss-reactive ketones (excluding diaryl/α,β-unsaturated/α-hetero) is 1. The van der Waals surface area contributed by atoms with Gasteiger partial charge in [0.25, 0.3) is 0 Å². The normalized spacial score (nSPS) is 27.5. The van der Waals surface area contributed by atoms with E-state index in [1.807, 2.05) is 18.2 Å². The molecule has 2 nitrogen and oxygen atoms in total. The molecule has 0 bridgehead atoms. The highest BCUT2D eigenvalue weighted by Crippen LogP contribution is 2.38. The lowest BCUT2D eigenvalue weighted by atomic mass is 9.76. The number of allylic oxidation sites excluding steroid dienone is 1. The van der Waals surface area contributed by atoms with E-state index in [1.165, 1.54) is 5.57 Å². The molecule has 0 spiro atoms. The zero-order valence-electron chi connectivity index (χ0n) is 10.7. The highest BCUT2D eigenvalue weighted by atomic mass is 16.5. The van der Waals surface area contributed by atoms with Gasteiger partial charge in [-0.25, -0.2) is 0 Å². The zero-order valence-corrected chi connectivity index (χ0v) is 10.7. The molecule has 0 amide bonds. The maximum atomic E-state index is 12.3. The molecule has 2 fully saturated rings. The first-order valence-electron chi connectivity index (χ1n) is 6.54. The molecule has 0 N–H and O–H groups in total. The van der Waals surface area contributed by atoms with E-state index in [0.29, 0.717) is 0 Å². The van der Waals surface area contributed by atoms with Crippen molar-refractivity contribution in [1.82, 2.24) is 0 Å². The van der Waals surface area contributed by atoms with Gasteiger partial charge in [0, 0.05) is 17.9 Å². The van der Waals surface area contributed by atoms with Crippen molar-refractivity contribution in [3.05, 3.63) is 47.5 Å². The molecule has 94 valence electrons. The molecular formula is C16H18O2. The van der Waals surface area contributed by atoms with Gasteiger partial charge in [-0.2, -0.15) is 0 Å². The Kier molecular flexibility index (Phi) is 2.63. The van der Waals surface area contributed by atoms with Crippen LogP contribution in [0.15, 0.2) is 36.4 Å². The minimum absolute atomic E-state index is 0.155. The maximum Gasteiger partial charge on any atom is 0.166 e. The van der Waals surface area contributed by atoms with E-state index in [-0.39, 0.29) is 17.3 Å². The largest absolute Gasteiger partial charge is 0.370 e. The van der Waals surface area contributed by atoms with Crippen molar-refractivity contribution in [3.63, 3.8) is 0 Å². The van der Waals surface area contributed by atoms with Gasteiger partial charge in [-0.05, 0) is 31.4 Å². The lowest BCUT2D eigenvalue weighted by Gasteiger charge is -2.39. The first-order valence-corrected chi connectivity index (χ1v) is 6.54. The molecule has 18 heavy (non-hydrogen) atoms. The van der Waals surface area contributed by atoms with Crippen LogP contribution >= 0.6 is 0 Å². The number of hydrogen-bond acceptors (Lipinski definition) is 2. The zero-order chi connectivity index (χ0) is 12.8. The number of ether oxygens (including phenoxy) is 1. The quantitative estimate of drug-likeness (QED) is 0.599. The number of hydrogen-bond donors (Lipinski definition) is 0. The van der Waals surface area contributed by atoms with Crippen LogP contribution in [0.4, 0.5) is 0 Å². The third kappa shape index (κ3) is 1.81. The number of carbonyl (C=O) groups is 1. The van der Waals surface area contributed by atoms with Crippen molar-refractivity contribution < 1.29 is 9.53 Å². The second-order valence-electron chi connectivity index (χ2n) is 5.63. The average molecular weight is 242 g/mol. The van der Waals surface area contributed by atoms with Gasteiger partial charge in [-0.15, -0.1) is 0 Å². The van der Waals surface area contributed by atoms with E-state index in [4.69, 9.17) is 4.74 Å². The molecule has 1 atom stereocenters. The summed E-state index contributed by atoms with van der Waals surface area (Å²) in [6.07, 6.45) is 2.75. The van der Waals surface area contributed by atoms with Crippen LogP contribution in [0.3, 0.4) is 0 Å². The first-order chi connectivity index (χ1) is 8.58. The van der Waals surface area contributed by atoms with Crippen LogP contribution in [-0.4, -0.2) is 12.4 Å². The molecule has 1 aliphatic heterocycles. The molecule has 0 radical (unpaired) electrons. The van der Waals surface area contributed by atoms with Gasteiger partial charge in [0.15, 0.2) is 5.78 Å². The predicted octanol–water partition coefficient (Wildman–Crippen LogP) is 3.47. The summed E-state index contributed by atoms with van der Waals surface area (Å²) >= 11 is 0. The molecule has 1 aromatic carbocycles. The van der Waals surface area contributed by atoms with E-state index in [2.05, 4.69) is 19.6 Å². The Balaban J connectivity index is 1.82. The Morgan fingerprint density at radius 2 is 2.17 bits per heavy atom. The highest BCUT2D eigenvalue weighted by molar-refractivity contribution is 5.99. The standard InChI is InChI=1S/C16H18O2/c1-11-8-13(9-11)15(17)12-4-3-5-14(10-12)16(2)6-7-18-16/h3-5,10,13H,1,6-9H2,2H3. The van der Waals surface area contributed by atoms with Crippen molar-refractivity contribution in [3.8, 4) is 0 Å². The Labute approximate surface area is 108 Å². The summed E-state index contributed by atoms with van der Waals surface area (Å²) in [6.45, 7) is 6.80. The summed E-state index contributed by atoms with van der Waals surface area (Å²) < 4.78 is 5.63. The molecule has 2 aliphatic rings. The van der Waals surface area contributed by atoms with Crippen molar-refractivity contribution in [1.29, 1.82) is 0 Å². The molecule has 1 saturated carbocycles. The minimum Gasteiger partial charge on any atom is -0.370 e. The van der Waals surface area contributed by atoms with E-state index < -0.39 is 0 Å². The maximum absolute atomic E-state index is 12.3. The fourth-order valence-electron chi connectivity index (χ4n) is 2.70. The number of carbonyl (C=O) groups excluding carboxylic acids is 1. The fraction of sp³-hybridized carbons (Fsp3) is 0.438. The Bertz CT molecular complexity index is 504. The molecular weight excluding hydrogens is 224 g/mol. The molecule has 0 aromatic heterocycles.